The van der Waals surface area contributed by atoms with Gasteiger partial charge >= 0.3 is 6.18 Å². The number of hydrogen-bond donors (Lipinski definition) is 1. The lowest BCUT2D eigenvalue weighted by molar-refractivity contribution is -0.137. The van der Waals surface area contributed by atoms with Gasteiger partial charge in [-0.15, -0.1) is 12.8 Å². The van der Waals surface area contributed by atoms with E-state index in [2.05, 4.69) is 30.0 Å². The summed E-state index contributed by atoms with van der Waals surface area (Å²) in [6.45, 7) is 2.55. The number of terminal acetylenes is 1. The Kier molecular flexibility index (Phi) is 6.77. The second-order valence-corrected chi connectivity index (χ2v) is 4.48. The van der Waals surface area contributed by atoms with Crippen molar-refractivity contribution in [2.24, 2.45) is 0 Å². The topological polar surface area (TPSA) is 12.0 Å². The van der Waals surface area contributed by atoms with Crippen LogP contribution in [0.25, 0.3) is 0 Å². The predicted molar refractivity (Wildman–Crippen MR) is 87.2 cm³/mol. The number of benzene rings is 1. The fraction of sp³-hybridized carbons (Fsp3) is 0.158. The van der Waals surface area contributed by atoms with Crippen LogP contribution < -0.4 is 5.32 Å². The molecular weight excluding hydrogens is 299 g/mol. The van der Waals surface area contributed by atoms with E-state index in [0.717, 1.165) is 23.3 Å². The minimum absolute atomic E-state index is 0.349. The molecule has 1 aliphatic rings. The van der Waals surface area contributed by atoms with Gasteiger partial charge in [0.05, 0.1) is 5.56 Å². The third-order valence-electron chi connectivity index (χ3n) is 2.91. The smallest absolute Gasteiger partial charge is 0.387 e. The van der Waals surface area contributed by atoms with Gasteiger partial charge in [-0.25, -0.2) is 0 Å². The zero-order valence-electron chi connectivity index (χ0n) is 12.6. The first-order chi connectivity index (χ1) is 11.0. The van der Waals surface area contributed by atoms with Crippen molar-refractivity contribution in [2.45, 2.75) is 13.1 Å². The Morgan fingerprint density at radius 1 is 1.30 bits per heavy atom. The first-order valence-electron chi connectivity index (χ1n) is 6.79. The number of alkyl halides is 3. The van der Waals surface area contributed by atoms with Crippen molar-refractivity contribution in [1.29, 1.82) is 0 Å². The second kappa shape index (κ2) is 8.56. The molecule has 0 amide bonds. The highest BCUT2D eigenvalue weighted by molar-refractivity contribution is 5.51. The number of hydrogen-bond acceptors (Lipinski definition) is 1. The monoisotopic (exact) mass is 315 g/mol. The van der Waals surface area contributed by atoms with E-state index in [-0.39, 0.29) is 0 Å². The summed E-state index contributed by atoms with van der Waals surface area (Å²) in [6.07, 6.45) is 11.1. The Bertz CT molecular complexity index is 707. The zero-order chi connectivity index (χ0) is 17.3. The Balaban J connectivity index is 0.00000127. The molecular formula is C19H16F3N. The quantitative estimate of drug-likeness (QED) is 0.762. The van der Waals surface area contributed by atoms with Crippen molar-refractivity contribution in [3.8, 4) is 24.7 Å². The van der Waals surface area contributed by atoms with Crippen LogP contribution in [0.5, 0.6) is 0 Å². The minimum atomic E-state index is -4.35. The van der Waals surface area contributed by atoms with E-state index >= 15 is 0 Å². The summed E-state index contributed by atoms with van der Waals surface area (Å²) < 4.78 is 37.9. The van der Waals surface area contributed by atoms with Crippen molar-refractivity contribution in [1.82, 2.24) is 5.32 Å². The SMILES string of the molecule is C#C.C/C=C\C(C#Cc1cccc(C(F)(F)F)c1)=C1\C=CNC1. The van der Waals surface area contributed by atoms with E-state index in [9.17, 15) is 13.2 Å². The summed E-state index contributed by atoms with van der Waals surface area (Å²) in [7, 11) is 0. The lowest BCUT2D eigenvalue weighted by Gasteiger charge is -2.05. The van der Waals surface area contributed by atoms with Gasteiger partial charge in [-0.2, -0.15) is 13.2 Å². The molecule has 0 saturated heterocycles. The molecule has 1 heterocycles. The number of allylic oxidation sites excluding steroid dienone is 3. The first kappa shape index (κ1) is 18.2. The van der Waals surface area contributed by atoms with Gasteiger partial charge in [-0.1, -0.05) is 30.1 Å². The summed E-state index contributed by atoms with van der Waals surface area (Å²) in [4.78, 5) is 0. The van der Waals surface area contributed by atoms with E-state index in [1.807, 2.05) is 31.4 Å². The number of nitrogens with one attached hydrogen (secondary N) is 1. The van der Waals surface area contributed by atoms with E-state index in [0.29, 0.717) is 12.1 Å². The third kappa shape index (κ3) is 5.45. The summed E-state index contributed by atoms with van der Waals surface area (Å²) in [5.74, 6) is 5.74. The molecule has 0 saturated carbocycles. The Morgan fingerprint density at radius 2 is 2.04 bits per heavy atom. The molecule has 1 aliphatic heterocycles. The maximum atomic E-state index is 12.6. The Morgan fingerprint density at radius 3 is 2.61 bits per heavy atom. The summed E-state index contributed by atoms with van der Waals surface area (Å²) >= 11 is 0. The molecule has 118 valence electrons. The van der Waals surface area contributed by atoms with Crippen molar-refractivity contribution in [2.75, 3.05) is 6.54 Å². The average molecular weight is 315 g/mol. The molecule has 0 bridgehead atoms. The van der Waals surface area contributed by atoms with Crippen molar-refractivity contribution in [3.63, 3.8) is 0 Å². The highest BCUT2D eigenvalue weighted by Gasteiger charge is 2.30. The van der Waals surface area contributed by atoms with Gasteiger partial charge in [0.15, 0.2) is 0 Å². The molecule has 1 aromatic rings. The maximum Gasteiger partial charge on any atom is 0.416 e. The molecule has 0 fully saturated rings. The van der Waals surface area contributed by atoms with E-state index < -0.39 is 11.7 Å². The first-order valence-corrected chi connectivity index (χ1v) is 6.79. The van der Waals surface area contributed by atoms with Crippen molar-refractivity contribution < 1.29 is 13.2 Å². The van der Waals surface area contributed by atoms with Gasteiger partial charge in [0.25, 0.3) is 0 Å². The normalized spacial score (nSPS) is 15.2. The van der Waals surface area contributed by atoms with Crippen LogP contribution in [0.1, 0.15) is 18.1 Å². The lowest BCUT2D eigenvalue weighted by atomic mass is 10.1. The fourth-order valence-corrected chi connectivity index (χ4v) is 1.88. The molecule has 1 aromatic carbocycles. The van der Waals surface area contributed by atoms with E-state index in [1.165, 1.54) is 6.07 Å². The zero-order valence-corrected chi connectivity index (χ0v) is 12.6. The maximum absolute atomic E-state index is 12.6. The molecule has 0 radical (unpaired) electrons. The van der Waals surface area contributed by atoms with Gasteiger partial charge in [-0.3, -0.25) is 0 Å². The molecule has 1 nitrogen and oxygen atoms in total. The minimum Gasteiger partial charge on any atom is -0.387 e. The fourth-order valence-electron chi connectivity index (χ4n) is 1.88. The molecule has 1 N–H and O–H groups in total. The van der Waals surface area contributed by atoms with Crippen LogP contribution in [-0.4, -0.2) is 6.54 Å². The van der Waals surface area contributed by atoms with Crippen LogP contribution in [0, 0.1) is 24.7 Å². The highest BCUT2D eigenvalue weighted by atomic mass is 19.4. The molecule has 0 aliphatic carbocycles. The van der Waals surface area contributed by atoms with Crippen LogP contribution >= 0.6 is 0 Å². The molecule has 0 spiro atoms. The lowest BCUT2D eigenvalue weighted by Crippen LogP contribution is -2.04. The Labute approximate surface area is 134 Å². The van der Waals surface area contributed by atoms with Crippen LogP contribution in [0.2, 0.25) is 0 Å². The largest absolute Gasteiger partial charge is 0.416 e. The number of halogens is 3. The standard InChI is InChI=1S/C17H14F3N.C2H2/c1-2-4-14(15-9-10-21-12-15)8-7-13-5-3-6-16(11-13)17(18,19)20;1-2/h2-6,9-11,21H,12H2,1H3;1-2H/b4-2-,15-14+;. The van der Waals surface area contributed by atoms with Gasteiger partial charge in [0.1, 0.15) is 0 Å². The van der Waals surface area contributed by atoms with Crippen LogP contribution in [-0.2, 0) is 6.18 Å². The van der Waals surface area contributed by atoms with Crippen LogP contribution in [0.3, 0.4) is 0 Å². The van der Waals surface area contributed by atoms with Gasteiger partial charge < -0.3 is 5.32 Å². The van der Waals surface area contributed by atoms with Gasteiger partial charge in [-0.05, 0) is 43.0 Å². The summed E-state index contributed by atoms with van der Waals surface area (Å²) in [6, 6.07) is 5.04. The van der Waals surface area contributed by atoms with Gasteiger partial charge in [0.2, 0.25) is 0 Å². The third-order valence-corrected chi connectivity index (χ3v) is 2.91. The summed E-state index contributed by atoms with van der Waals surface area (Å²) in [5, 5.41) is 3.05. The van der Waals surface area contributed by atoms with E-state index in [4.69, 9.17) is 0 Å². The number of rotatable bonds is 1. The molecule has 2 rings (SSSR count). The van der Waals surface area contributed by atoms with Crippen LogP contribution in [0.15, 0.2) is 59.8 Å². The average Bonchev–Trinajstić information content (AvgIpc) is 3.07. The molecule has 4 heteroatoms. The Hall–Kier alpha value is -2.85. The molecule has 0 aromatic heterocycles. The second-order valence-electron chi connectivity index (χ2n) is 4.48. The highest BCUT2D eigenvalue weighted by Crippen LogP contribution is 2.29. The molecule has 0 atom stereocenters. The molecule has 23 heavy (non-hydrogen) atoms. The van der Waals surface area contributed by atoms with Crippen molar-refractivity contribution in [3.05, 3.63) is 71.0 Å². The predicted octanol–water partition coefficient (Wildman–Crippen LogP) is 4.30. The van der Waals surface area contributed by atoms with Crippen molar-refractivity contribution >= 4 is 0 Å². The van der Waals surface area contributed by atoms with Gasteiger partial charge in [0, 0.05) is 17.7 Å². The van der Waals surface area contributed by atoms with Crippen LogP contribution in [0.4, 0.5) is 13.2 Å². The molecule has 0 unspecified atom stereocenters. The van der Waals surface area contributed by atoms with E-state index in [1.54, 1.807) is 6.07 Å². The summed E-state index contributed by atoms with van der Waals surface area (Å²) in [5.41, 5.74) is 1.49.